The van der Waals surface area contributed by atoms with E-state index in [2.05, 4.69) is 5.32 Å². The van der Waals surface area contributed by atoms with Crippen molar-refractivity contribution >= 4 is 6.09 Å². The van der Waals surface area contributed by atoms with E-state index in [-0.39, 0.29) is 24.1 Å². The van der Waals surface area contributed by atoms with Crippen LogP contribution >= 0.6 is 0 Å². The first kappa shape index (κ1) is 17.7. The number of ether oxygens (including phenoxy) is 2. The maximum Gasteiger partial charge on any atom is 0.407 e. The molecular weight excluding hydrogens is 297 g/mol. The summed E-state index contributed by atoms with van der Waals surface area (Å²) in [5.74, 6) is -0.234. The van der Waals surface area contributed by atoms with Crippen LogP contribution in [0.5, 0.6) is 0 Å². The Hall–Kier alpha value is -1.62. The Balaban J connectivity index is 1.67. The first-order valence-corrected chi connectivity index (χ1v) is 8.17. The normalized spacial score (nSPS) is 21.7. The van der Waals surface area contributed by atoms with Crippen LogP contribution in [0.4, 0.5) is 9.18 Å². The SMILES string of the molecule is CC(C)(C)OC(=O)NC1CCC(OCc2ccc(F)cc2)CC1. The van der Waals surface area contributed by atoms with Crippen LogP contribution in [0.15, 0.2) is 24.3 Å². The number of rotatable bonds is 4. The molecule has 1 aliphatic rings. The number of halogens is 1. The molecule has 1 aromatic carbocycles. The summed E-state index contributed by atoms with van der Waals surface area (Å²) < 4.78 is 24.0. The van der Waals surface area contributed by atoms with Crippen LogP contribution in [-0.2, 0) is 16.1 Å². The second kappa shape index (κ2) is 7.77. The molecule has 0 spiro atoms. The summed E-state index contributed by atoms with van der Waals surface area (Å²) in [6.07, 6.45) is 3.41. The van der Waals surface area contributed by atoms with Crippen molar-refractivity contribution in [2.75, 3.05) is 0 Å². The van der Waals surface area contributed by atoms with Gasteiger partial charge in [0.15, 0.2) is 0 Å². The molecule has 5 heteroatoms. The molecule has 0 saturated heterocycles. The Bertz CT molecular complexity index is 502. The molecule has 128 valence electrons. The molecule has 1 aromatic rings. The van der Waals surface area contributed by atoms with Crippen molar-refractivity contribution in [1.29, 1.82) is 0 Å². The van der Waals surface area contributed by atoms with E-state index in [0.29, 0.717) is 6.61 Å². The van der Waals surface area contributed by atoms with Gasteiger partial charge in [0, 0.05) is 6.04 Å². The molecule has 1 saturated carbocycles. The monoisotopic (exact) mass is 323 g/mol. The third kappa shape index (κ3) is 6.57. The van der Waals surface area contributed by atoms with Crippen LogP contribution in [0, 0.1) is 5.82 Å². The van der Waals surface area contributed by atoms with Gasteiger partial charge in [-0.3, -0.25) is 0 Å². The summed E-state index contributed by atoms with van der Waals surface area (Å²) in [7, 11) is 0. The molecule has 0 aliphatic heterocycles. The molecule has 0 radical (unpaired) electrons. The van der Waals surface area contributed by atoms with Crippen molar-refractivity contribution in [2.45, 2.75) is 70.8 Å². The van der Waals surface area contributed by atoms with Gasteiger partial charge < -0.3 is 14.8 Å². The molecule has 0 atom stereocenters. The number of nitrogens with one attached hydrogen (secondary N) is 1. The lowest BCUT2D eigenvalue weighted by atomic mass is 9.93. The summed E-state index contributed by atoms with van der Waals surface area (Å²) in [4.78, 5) is 11.8. The lowest BCUT2D eigenvalue weighted by Crippen LogP contribution is -2.41. The molecule has 1 amide bonds. The van der Waals surface area contributed by atoms with Gasteiger partial charge >= 0.3 is 6.09 Å². The fraction of sp³-hybridized carbons (Fsp3) is 0.611. The Morgan fingerprint density at radius 1 is 1.17 bits per heavy atom. The maximum atomic E-state index is 12.8. The molecule has 0 unspecified atom stereocenters. The fourth-order valence-electron chi connectivity index (χ4n) is 2.64. The minimum atomic E-state index is -0.473. The van der Waals surface area contributed by atoms with Crippen LogP contribution in [-0.4, -0.2) is 23.8 Å². The van der Waals surface area contributed by atoms with E-state index in [9.17, 15) is 9.18 Å². The van der Waals surface area contributed by atoms with Crippen LogP contribution < -0.4 is 5.32 Å². The van der Waals surface area contributed by atoms with E-state index in [1.54, 1.807) is 12.1 Å². The molecule has 0 bridgehead atoms. The Morgan fingerprint density at radius 2 is 1.78 bits per heavy atom. The van der Waals surface area contributed by atoms with Crippen molar-refractivity contribution in [3.8, 4) is 0 Å². The molecule has 0 heterocycles. The van der Waals surface area contributed by atoms with Gasteiger partial charge in [0.1, 0.15) is 11.4 Å². The third-order valence-corrected chi connectivity index (χ3v) is 3.79. The highest BCUT2D eigenvalue weighted by atomic mass is 19.1. The first-order chi connectivity index (χ1) is 10.8. The number of hydrogen-bond acceptors (Lipinski definition) is 3. The summed E-state index contributed by atoms with van der Waals surface area (Å²) in [5.41, 5.74) is 0.500. The number of benzene rings is 1. The second-order valence-electron chi connectivity index (χ2n) is 7.06. The predicted octanol–water partition coefficient (Wildman–Crippen LogP) is 4.18. The first-order valence-electron chi connectivity index (χ1n) is 8.17. The molecule has 23 heavy (non-hydrogen) atoms. The Kier molecular flexibility index (Phi) is 5.99. The average molecular weight is 323 g/mol. The van der Waals surface area contributed by atoms with Gasteiger partial charge in [0.2, 0.25) is 0 Å². The van der Waals surface area contributed by atoms with E-state index in [1.807, 2.05) is 20.8 Å². The van der Waals surface area contributed by atoms with Gasteiger partial charge in [-0.15, -0.1) is 0 Å². The highest BCUT2D eigenvalue weighted by molar-refractivity contribution is 5.68. The van der Waals surface area contributed by atoms with Crippen molar-refractivity contribution in [1.82, 2.24) is 5.32 Å². The zero-order valence-corrected chi connectivity index (χ0v) is 14.1. The zero-order valence-electron chi connectivity index (χ0n) is 14.1. The highest BCUT2D eigenvalue weighted by Crippen LogP contribution is 2.22. The smallest absolute Gasteiger partial charge is 0.407 e. The predicted molar refractivity (Wildman–Crippen MR) is 86.6 cm³/mol. The van der Waals surface area contributed by atoms with E-state index >= 15 is 0 Å². The van der Waals surface area contributed by atoms with Crippen molar-refractivity contribution < 1.29 is 18.7 Å². The van der Waals surface area contributed by atoms with Crippen LogP contribution in [0.3, 0.4) is 0 Å². The lowest BCUT2D eigenvalue weighted by Gasteiger charge is -2.30. The maximum absolute atomic E-state index is 12.8. The Labute approximate surface area is 137 Å². The molecule has 0 aromatic heterocycles. The largest absolute Gasteiger partial charge is 0.444 e. The summed E-state index contributed by atoms with van der Waals surface area (Å²) in [5, 5.41) is 2.92. The minimum absolute atomic E-state index is 0.149. The van der Waals surface area contributed by atoms with Gasteiger partial charge in [0.05, 0.1) is 12.7 Å². The average Bonchev–Trinajstić information content (AvgIpc) is 2.46. The van der Waals surface area contributed by atoms with Gasteiger partial charge in [-0.25, -0.2) is 9.18 Å². The summed E-state index contributed by atoms with van der Waals surface area (Å²) in [6.45, 7) is 6.06. The lowest BCUT2D eigenvalue weighted by molar-refractivity contribution is 0.00833. The Morgan fingerprint density at radius 3 is 2.35 bits per heavy atom. The standard InChI is InChI=1S/C18H26FNO3/c1-18(2,3)23-17(21)20-15-8-10-16(11-9-15)22-12-13-4-6-14(19)7-5-13/h4-7,15-16H,8-12H2,1-3H3,(H,20,21). The summed E-state index contributed by atoms with van der Waals surface area (Å²) >= 11 is 0. The molecular formula is C18H26FNO3. The van der Waals surface area contributed by atoms with E-state index < -0.39 is 5.60 Å². The van der Waals surface area contributed by atoms with Crippen LogP contribution in [0.1, 0.15) is 52.0 Å². The number of amides is 1. The quantitative estimate of drug-likeness (QED) is 0.904. The number of alkyl carbamates (subject to hydrolysis) is 1. The number of carbonyl (C=O) groups is 1. The zero-order chi connectivity index (χ0) is 16.9. The number of hydrogen-bond donors (Lipinski definition) is 1. The fourth-order valence-corrected chi connectivity index (χ4v) is 2.64. The van der Waals surface area contributed by atoms with Crippen molar-refractivity contribution in [3.63, 3.8) is 0 Å². The van der Waals surface area contributed by atoms with E-state index in [0.717, 1.165) is 31.2 Å². The van der Waals surface area contributed by atoms with Crippen molar-refractivity contribution in [2.24, 2.45) is 0 Å². The van der Waals surface area contributed by atoms with E-state index in [4.69, 9.17) is 9.47 Å². The van der Waals surface area contributed by atoms with Gasteiger partial charge in [-0.2, -0.15) is 0 Å². The van der Waals surface area contributed by atoms with Gasteiger partial charge in [-0.05, 0) is 64.2 Å². The summed E-state index contributed by atoms with van der Waals surface area (Å²) in [6, 6.07) is 6.52. The molecule has 1 aliphatic carbocycles. The topological polar surface area (TPSA) is 47.6 Å². The number of carbonyl (C=O) groups excluding carboxylic acids is 1. The highest BCUT2D eigenvalue weighted by Gasteiger charge is 2.25. The van der Waals surface area contributed by atoms with Gasteiger partial charge in [0.25, 0.3) is 0 Å². The second-order valence-corrected chi connectivity index (χ2v) is 7.06. The van der Waals surface area contributed by atoms with Crippen LogP contribution in [0.25, 0.3) is 0 Å². The molecule has 2 rings (SSSR count). The molecule has 4 nitrogen and oxygen atoms in total. The molecule has 1 N–H and O–H groups in total. The van der Waals surface area contributed by atoms with Crippen molar-refractivity contribution in [3.05, 3.63) is 35.6 Å². The van der Waals surface area contributed by atoms with Gasteiger partial charge in [-0.1, -0.05) is 12.1 Å². The van der Waals surface area contributed by atoms with Crippen LogP contribution in [0.2, 0.25) is 0 Å². The van der Waals surface area contributed by atoms with E-state index in [1.165, 1.54) is 12.1 Å². The molecule has 1 fully saturated rings. The third-order valence-electron chi connectivity index (χ3n) is 3.79. The minimum Gasteiger partial charge on any atom is -0.444 e.